The molecule has 5 nitrogen and oxygen atoms in total. The summed E-state index contributed by atoms with van der Waals surface area (Å²) in [5, 5.41) is 14.3. The summed E-state index contributed by atoms with van der Waals surface area (Å²) in [6, 6.07) is 3.55. The molecule has 1 amide bonds. The van der Waals surface area contributed by atoms with Gasteiger partial charge in [0.05, 0.1) is 0 Å². The van der Waals surface area contributed by atoms with E-state index in [4.69, 9.17) is 0 Å². The number of hydrogen-bond donors (Lipinski definition) is 1. The first-order chi connectivity index (χ1) is 9.93. The predicted octanol–water partition coefficient (Wildman–Crippen LogP) is 0.187. The van der Waals surface area contributed by atoms with Gasteiger partial charge in [-0.3, -0.25) is 4.79 Å². The molecule has 114 valence electrons. The number of carboxylic acid groups (broad SMARTS) is 1. The Hall–Kier alpha value is -1.91. The first-order valence-electron chi connectivity index (χ1n) is 7.38. The maximum absolute atomic E-state index is 12.1. The van der Waals surface area contributed by atoms with Crippen molar-refractivity contribution in [1.29, 1.82) is 0 Å². The van der Waals surface area contributed by atoms with Gasteiger partial charge < -0.3 is 15.2 Å². The van der Waals surface area contributed by atoms with Crippen molar-refractivity contribution in [3.8, 4) is 0 Å². The number of nitrogens with zero attached hydrogens (tertiary/aromatic N) is 1. The van der Waals surface area contributed by atoms with E-state index in [0.29, 0.717) is 18.5 Å². The molecule has 0 aromatic carbocycles. The quantitative estimate of drug-likeness (QED) is 0.804. The van der Waals surface area contributed by atoms with Crippen molar-refractivity contribution in [2.75, 3.05) is 6.54 Å². The molecule has 0 saturated heterocycles. The first-order valence-corrected chi connectivity index (χ1v) is 7.38. The Labute approximate surface area is 125 Å². The van der Waals surface area contributed by atoms with Gasteiger partial charge in [-0.2, -0.15) is 0 Å². The maximum atomic E-state index is 12.1. The van der Waals surface area contributed by atoms with Crippen LogP contribution in [0.15, 0.2) is 24.5 Å². The topological polar surface area (TPSA) is 73.1 Å². The smallest absolute Gasteiger partial charge is 0.257 e. The Kier molecular flexibility index (Phi) is 4.60. The van der Waals surface area contributed by atoms with E-state index in [1.165, 1.54) is 0 Å². The Bertz CT molecular complexity index is 544. The third-order valence-electron chi connectivity index (χ3n) is 4.58. The van der Waals surface area contributed by atoms with Gasteiger partial charge >= 0.3 is 0 Å². The Balaban J connectivity index is 2.01. The van der Waals surface area contributed by atoms with E-state index in [9.17, 15) is 14.7 Å². The minimum absolute atomic E-state index is 0.0716. The number of carboxylic acids is 1. The Morgan fingerprint density at radius 2 is 2.24 bits per heavy atom. The van der Waals surface area contributed by atoms with Gasteiger partial charge in [0.2, 0.25) is 0 Å². The fraction of sp³-hybridized carbons (Fsp3) is 0.562. The lowest BCUT2D eigenvalue weighted by atomic mass is 9.67. The first kappa shape index (κ1) is 15.5. The van der Waals surface area contributed by atoms with Crippen molar-refractivity contribution in [2.24, 2.45) is 18.4 Å². The summed E-state index contributed by atoms with van der Waals surface area (Å²) in [5.41, 5.74) is -0.265. The molecule has 1 aromatic heterocycles. The van der Waals surface area contributed by atoms with Crippen LogP contribution in [-0.2, 0) is 11.8 Å². The molecule has 1 saturated carbocycles. The van der Waals surface area contributed by atoms with Crippen molar-refractivity contribution in [2.45, 2.75) is 32.6 Å². The zero-order chi connectivity index (χ0) is 15.5. The fourth-order valence-electron chi connectivity index (χ4n) is 3.04. The van der Waals surface area contributed by atoms with Crippen molar-refractivity contribution >= 4 is 11.9 Å². The zero-order valence-electron chi connectivity index (χ0n) is 12.6. The molecule has 2 rings (SSSR count). The van der Waals surface area contributed by atoms with E-state index in [0.717, 1.165) is 19.3 Å². The summed E-state index contributed by atoms with van der Waals surface area (Å²) in [6.45, 7) is 2.11. The van der Waals surface area contributed by atoms with Gasteiger partial charge in [-0.05, 0) is 24.8 Å². The second-order valence-corrected chi connectivity index (χ2v) is 6.12. The number of aliphatic carboxylic acids is 1. The average molecular weight is 290 g/mol. The van der Waals surface area contributed by atoms with Crippen LogP contribution in [0.3, 0.4) is 0 Å². The predicted molar refractivity (Wildman–Crippen MR) is 75.0 cm³/mol. The summed E-state index contributed by atoms with van der Waals surface area (Å²) in [7, 11) is 1.85. The molecule has 0 spiro atoms. The van der Waals surface area contributed by atoms with E-state index in [1.54, 1.807) is 29.8 Å². The van der Waals surface area contributed by atoms with Gasteiger partial charge in [0.1, 0.15) is 12.6 Å². The summed E-state index contributed by atoms with van der Waals surface area (Å²) in [6.07, 6.45) is 6.94. The number of rotatable bonds is 4. The average Bonchev–Trinajstić information content (AvgIpc) is 2.46. The summed E-state index contributed by atoms with van der Waals surface area (Å²) in [5.74, 6) is -1.25. The lowest BCUT2D eigenvalue weighted by Crippen LogP contribution is -2.50. The molecule has 2 unspecified atom stereocenters. The summed E-state index contributed by atoms with van der Waals surface area (Å²) in [4.78, 5) is 23.6. The monoisotopic (exact) mass is 290 g/mol. The molecular weight excluding hydrogens is 268 g/mol. The van der Waals surface area contributed by atoms with Crippen LogP contribution in [0.1, 0.15) is 43.0 Å². The van der Waals surface area contributed by atoms with Crippen molar-refractivity contribution in [1.82, 2.24) is 5.32 Å². The highest BCUT2D eigenvalue weighted by Crippen LogP contribution is 2.40. The number of amides is 1. The molecule has 0 radical (unpaired) electrons. The largest absolute Gasteiger partial charge is 0.550 e. The van der Waals surface area contributed by atoms with E-state index in [1.807, 2.05) is 13.2 Å². The lowest BCUT2D eigenvalue weighted by Gasteiger charge is -2.42. The Morgan fingerprint density at radius 1 is 1.48 bits per heavy atom. The van der Waals surface area contributed by atoms with Crippen LogP contribution in [-0.4, -0.2) is 18.4 Å². The SMILES string of the molecule is C[n+]1cccc(C(=O)NCC2CCCCC2(C)C(=O)[O-])c1. The molecule has 2 atom stereocenters. The van der Waals surface area contributed by atoms with Gasteiger partial charge in [-0.1, -0.05) is 19.8 Å². The molecule has 1 N–H and O–H groups in total. The summed E-state index contributed by atoms with van der Waals surface area (Å²) >= 11 is 0. The third kappa shape index (κ3) is 3.40. The lowest BCUT2D eigenvalue weighted by molar-refractivity contribution is -0.671. The van der Waals surface area contributed by atoms with Crippen molar-refractivity contribution in [3.05, 3.63) is 30.1 Å². The normalized spacial score (nSPS) is 25.3. The second kappa shape index (κ2) is 6.24. The van der Waals surface area contributed by atoms with Crippen LogP contribution in [0.2, 0.25) is 0 Å². The number of carbonyl (C=O) groups is 2. The maximum Gasteiger partial charge on any atom is 0.257 e. The van der Waals surface area contributed by atoms with E-state index < -0.39 is 11.4 Å². The molecule has 1 heterocycles. The highest BCUT2D eigenvalue weighted by atomic mass is 16.4. The number of hydrogen-bond acceptors (Lipinski definition) is 3. The van der Waals surface area contributed by atoms with E-state index >= 15 is 0 Å². The molecule has 1 aromatic rings. The molecule has 1 fully saturated rings. The van der Waals surface area contributed by atoms with Crippen LogP contribution >= 0.6 is 0 Å². The molecule has 0 aliphatic heterocycles. The molecule has 1 aliphatic carbocycles. The van der Waals surface area contributed by atoms with E-state index in [2.05, 4.69) is 5.32 Å². The van der Waals surface area contributed by atoms with Crippen molar-refractivity contribution < 1.29 is 19.3 Å². The van der Waals surface area contributed by atoms with Crippen LogP contribution in [0.5, 0.6) is 0 Å². The van der Waals surface area contributed by atoms with Gasteiger partial charge in [0, 0.05) is 24.0 Å². The fourth-order valence-corrected chi connectivity index (χ4v) is 3.04. The van der Waals surface area contributed by atoms with Crippen LogP contribution in [0.4, 0.5) is 0 Å². The third-order valence-corrected chi connectivity index (χ3v) is 4.58. The minimum atomic E-state index is -1.01. The molecule has 1 aliphatic rings. The van der Waals surface area contributed by atoms with Crippen LogP contribution < -0.4 is 15.0 Å². The molecular formula is C16H22N2O3. The zero-order valence-corrected chi connectivity index (χ0v) is 12.6. The number of nitrogens with one attached hydrogen (secondary N) is 1. The molecule has 0 bridgehead atoms. The standard InChI is InChI=1S/C16H22N2O3/c1-16(15(20)21)8-4-3-7-13(16)10-17-14(19)12-6-5-9-18(2)11-12/h5-6,9,11,13H,3-4,7-8,10H2,1-2H3,(H-,17,19,20,21). The molecule has 21 heavy (non-hydrogen) atoms. The van der Waals surface area contributed by atoms with Gasteiger partial charge in [0.15, 0.2) is 12.4 Å². The minimum Gasteiger partial charge on any atom is -0.550 e. The van der Waals surface area contributed by atoms with Crippen LogP contribution in [0, 0.1) is 11.3 Å². The van der Waals surface area contributed by atoms with Crippen LogP contribution in [0.25, 0.3) is 0 Å². The number of aryl methyl sites for hydroxylation is 1. The van der Waals surface area contributed by atoms with Crippen molar-refractivity contribution in [3.63, 3.8) is 0 Å². The highest BCUT2D eigenvalue weighted by molar-refractivity contribution is 5.93. The summed E-state index contributed by atoms with van der Waals surface area (Å²) < 4.78 is 1.81. The highest BCUT2D eigenvalue weighted by Gasteiger charge is 2.37. The number of aromatic nitrogens is 1. The number of pyridine rings is 1. The number of carbonyl (C=O) groups excluding carboxylic acids is 2. The van der Waals surface area contributed by atoms with Gasteiger partial charge in [0.25, 0.3) is 5.91 Å². The second-order valence-electron chi connectivity index (χ2n) is 6.12. The van der Waals surface area contributed by atoms with Gasteiger partial charge in [-0.25, -0.2) is 4.57 Å². The van der Waals surface area contributed by atoms with Gasteiger partial charge in [-0.15, -0.1) is 0 Å². The van der Waals surface area contributed by atoms with E-state index in [-0.39, 0.29) is 11.8 Å². The molecule has 5 heteroatoms. The Morgan fingerprint density at radius 3 is 2.90 bits per heavy atom.